The molecule has 2 heterocycles. The van der Waals surface area contributed by atoms with Gasteiger partial charge in [0.1, 0.15) is 0 Å². The quantitative estimate of drug-likeness (QED) is 0.848. The summed E-state index contributed by atoms with van der Waals surface area (Å²) in [4.78, 5) is 24.0. The number of H-pyrrole nitrogens is 1. The third kappa shape index (κ3) is 2.28. The van der Waals surface area contributed by atoms with E-state index in [1.807, 2.05) is 16.8 Å². The summed E-state index contributed by atoms with van der Waals surface area (Å²) in [6, 6.07) is 1.87. The molecule has 0 amide bonds. The van der Waals surface area contributed by atoms with E-state index in [0.717, 1.165) is 10.1 Å². The van der Waals surface area contributed by atoms with Gasteiger partial charge in [0.05, 0.1) is 0 Å². The second-order valence-corrected chi connectivity index (χ2v) is 4.21. The number of aromatic hydroxyl groups is 1. The molecule has 5 nitrogen and oxygen atoms in total. The Hall–Kier alpha value is -1.89. The monoisotopic (exact) mass is 256 g/mol. The highest BCUT2D eigenvalue weighted by Crippen LogP contribution is 2.11. The lowest BCUT2D eigenvalue weighted by atomic mass is 10.2. The van der Waals surface area contributed by atoms with Gasteiger partial charge in [-0.05, 0) is 28.8 Å². The zero-order chi connectivity index (χ0) is 12.4. The van der Waals surface area contributed by atoms with Crippen LogP contribution in [0.1, 0.15) is 5.56 Å². The van der Waals surface area contributed by atoms with Crippen molar-refractivity contribution in [3.05, 3.63) is 49.0 Å². The van der Waals surface area contributed by atoms with E-state index < -0.39 is 22.9 Å². The first-order chi connectivity index (χ1) is 8.09. The van der Waals surface area contributed by atoms with Gasteiger partial charge in [-0.2, -0.15) is 15.7 Å². The van der Waals surface area contributed by atoms with Crippen molar-refractivity contribution in [2.45, 2.75) is 13.0 Å². The summed E-state index contributed by atoms with van der Waals surface area (Å²) in [6.45, 7) is 0.106. The molecule has 17 heavy (non-hydrogen) atoms. The van der Waals surface area contributed by atoms with Crippen LogP contribution in [0.15, 0.2) is 26.4 Å². The molecular formula is C10H9FN2O3S. The van der Waals surface area contributed by atoms with Crippen molar-refractivity contribution in [1.29, 1.82) is 0 Å². The summed E-state index contributed by atoms with van der Waals surface area (Å²) in [6.07, 6.45) is 0.475. The molecule has 0 aromatic carbocycles. The third-order valence-corrected chi connectivity index (χ3v) is 3.05. The van der Waals surface area contributed by atoms with Crippen molar-refractivity contribution in [2.24, 2.45) is 0 Å². The molecule has 0 spiro atoms. The first kappa shape index (κ1) is 11.6. The fourth-order valence-electron chi connectivity index (χ4n) is 1.42. The van der Waals surface area contributed by atoms with Crippen LogP contribution in [0.2, 0.25) is 0 Å². The van der Waals surface area contributed by atoms with E-state index in [0.29, 0.717) is 6.42 Å². The number of hydrogen-bond donors (Lipinski definition) is 2. The van der Waals surface area contributed by atoms with Gasteiger partial charge < -0.3 is 5.11 Å². The predicted octanol–water partition coefficient (Wildman–Crippen LogP) is 0.685. The number of aromatic amines is 1. The lowest BCUT2D eigenvalue weighted by molar-refractivity contribution is 0.360. The number of rotatable bonds is 3. The van der Waals surface area contributed by atoms with Gasteiger partial charge in [0.25, 0.3) is 5.56 Å². The minimum atomic E-state index is -1.34. The van der Waals surface area contributed by atoms with E-state index >= 15 is 0 Å². The number of nitrogens with zero attached hydrogens (tertiary/aromatic N) is 1. The molecule has 0 saturated heterocycles. The number of aryl methyl sites for hydroxylation is 1. The van der Waals surface area contributed by atoms with Gasteiger partial charge in [-0.1, -0.05) is 0 Å². The third-order valence-electron chi connectivity index (χ3n) is 2.32. The van der Waals surface area contributed by atoms with E-state index in [2.05, 4.69) is 0 Å². The van der Waals surface area contributed by atoms with Crippen LogP contribution in [-0.2, 0) is 13.0 Å². The highest BCUT2D eigenvalue weighted by molar-refractivity contribution is 7.07. The first-order valence-corrected chi connectivity index (χ1v) is 5.76. The lowest BCUT2D eigenvalue weighted by Crippen LogP contribution is -2.32. The Morgan fingerprint density at radius 3 is 2.88 bits per heavy atom. The second kappa shape index (κ2) is 4.54. The maximum atomic E-state index is 13.1. The fourth-order valence-corrected chi connectivity index (χ4v) is 2.12. The molecule has 2 aromatic heterocycles. The molecule has 0 aliphatic heterocycles. The first-order valence-electron chi connectivity index (χ1n) is 4.82. The Kier molecular flexibility index (Phi) is 3.10. The Morgan fingerprint density at radius 1 is 1.47 bits per heavy atom. The molecule has 2 rings (SSSR count). The van der Waals surface area contributed by atoms with Crippen LogP contribution in [0.4, 0.5) is 4.39 Å². The molecule has 90 valence electrons. The van der Waals surface area contributed by atoms with Gasteiger partial charge in [-0.15, -0.1) is 0 Å². The van der Waals surface area contributed by atoms with E-state index in [-0.39, 0.29) is 6.54 Å². The van der Waals surface area contributed by atoms with Crippen LogP contribution in [0.25, 0.3) is 0 Å². The summed E-state index contributed by atoms with van der Waals surface area (Å²) < 4.78 is 13.9. The van der Waals surface area contributed by atoms with E-state index in [4.69, 9.17) is 0 Å². The maximum Gasteiger partial charge on any atom is 0.331 e. The molecule has 0 aliphatic rings. The fraction of sp³-hybridized carbons (Fsp3) is 0.200. The van der Waals surface area contributed by atoms with Gasteiger partial charge >= 0.3 is 5.69 Å². The number of halogens is 1. The van der Waals surface area contributed by atoms with Crippen LogP contribution in [0, 0.1) is 5.82 Å². The minimum absolute atomic E-state index is 0.106. The molecule has 2 N–H and O–H groups in total. The summed E-state index contributed by atoms with van der Waals surface area (Å²) >= 11 is 1.51. The highest BCUT2D eigenvalue weighted by Gasteiger charge is 2.13. The van der Waals surface area contributed by atoms with Crippen LogP contribution in [-0.4, -0.2) is 14.7 Å². The number of thiophene rings is 1. The van der Waals surface area contributed by atoms with Crippen molar-refractivity contribution in [2.75, 3.05) is 0 Å². The largest absolute Gasteiger partial charge is 0.492 e. The smallest absolute Gasteiger partial charge is 0.331 e. The molecular weight excluding hydrogens is 247 g/mol. The highest BCUT2D eigenvalue weighted by atomic mass is 32.1. The average Bonchev–Trinajstić information content (AvgIpc) is 2.79. The summed E-state index contributed by atoms with van der Waals surface area (Å²) in [5.41, 5.74) is -1.05. The zero-order valence-electron chi connectivity index (χ0n) is 8.64. The normalized spacial score (nSPS) is 10.6. The van der Waals surface area contributed by atoms with Gasteiger partial charge in [0, 0.05) is 6.54 Å². The Bertz CT molecular complexity index is 630. The van der Waals surface area contributed by atoms with Crippen molar-refractivity contribution in [1.82, 2.24) is 9.55 Å². The van der Waals surface area contributed by atoms with Crippen molar-refractivity contribution < 1.29 is 9.50 Å². The lowest BCUT2D eigenvalue weighted by Gasteiger charge is -2.06. The molecule has 0 radical (unpaired) electrons. The zero-order valence-corrected chi connectivity index (χ0v) is 9.46. The Balaban J connectivity index is 2.30. The van der Waals surface area contributed by atoms with Crippen molar-refractivity contribution >= 4 is 11.3 Å². The van der Waals surface area contributed by atoms with Gasteiger partial charge in [-0.25, -0.2) is 4.79 Å². The van der Waals surface area contributed by atoms with Gasteiger partial charge in [0.2, 0.25) is 11.7 Å². The summed E-state index contributed by atoms with van der Waals surface area (Å²) in [7, 11) is 0. The van der Waals surface area contributed by atoms with Crippen molar-refractivity contribution in [3.63, 3.8) is 0 Å². The van der Waals surface area contributed by atoms with Gasteiger partial charge in [0.15, 0.2) is 0 Å². The van der Waals surface area contributed by atoms with Crippen LogP contribution in [0.3, 0.4) is 0 Å². The topological polar surface area (TPSA) is 75.1 Å². The number of hydrogen-bond acceptors (Lipinski definition) is 4. The molecule has 2 aromatic rings. The Labute approximate surface area is 98.8 Å². The number of aromatic nitrogens is 2. The molecule has 0 fully saturated rings. The van der Waals surface area contributed by atoms with Crippen molar-refractivity contribution in [3.8, 4) is 5.88 Å². The van der Waals surface area contributed by atoms with E-state index in [9.17, 15) is 19.1 Å². The number of nitrogens with one attached hydrogen (secondary N) is 1. The predicted molar refractivity (Wildman–Crippen MR) is 61.0 cm³/mol. The second-order valence-electron chi connectivity index (χ2n) is 3.43. The van der Waals surface area contributed by atoms with Crippen LogP contribution >= 0.6 is 11.3 Å². The molecule has 0 saturated carbocycles. The van der Waals surface area contributed by atoms with E-state index in [1.54, 1.807) is 4.98 Å². The van der Waals surface area contributed by atoms with Gasteiger partial charge in [-0.3, -0.25) is 14.3 Å². The van der Waals surface area contributed by atoms with E-state index in [1.165, 1.54) is 11.3 Å². The Morgan fingerprint density at radius 2 is 2.24 bits per heavy atom. The van der Waals surface area contributed by atoms with Crippen LogP contribution in [0.5, 0.6) is 5.88 Å². The SMILES string of the molecule is O=c1[nH]c(=O)n(CCc2ccsc2)c(O)c1F. The average molecular weight is 256 g/mol. The summed E-state index contributed by atoms with van der Waals surface area (Å²) in [5.74, 6) is -2.26. The molecule has 0 aliphatic carbocycles. The van der Waals surface area contributed by atoms with Crippen LogP contribution < -0.4 is 11.2 Å². The molecule has 7 heteroatoms. The molecule has 0 bridgehead atoms. The molecule has 0 unspecified atom stereocenters. The minimum Gasteiger partial charge on any atom is -0.492 e. The summed E-state index contributed by atoms with van der Waals surface area (Å²) in [5, 5.41) is 13.1. The molecule has 0 atom stereocenters. The standard InChI is InChI=1S/C10H9FN2O3S/c11-7-8(14)12-10(16)13(9(7)15)3-1-6-2-4-17-5-6/h2,4-5,15H,1,3H2,(H,12,14,16). The maximum absolute atomic E-state index is 13.1.